The van der Waals surface area contributed by atoms with Gasteiger partial charge in [0.2, 0.25) is 0 Å². The fourth-order valence-corrected chi connectivity index (χ4v) is 2.40. The number of carboxylic acids is 1. The van der Waals surface area contributed by atoms with Crippen molar-refractivity contribution in [3.63, 3.8) is 0 Å². The molecule has 1 N–H and O–H groups in total. The van der Waals surface area contributed by atoms with E-state index in [-0.39, 0.29) is 12.8 Å². The summed E-state index contributed by atoms with van der Waals surface area (Å²) in [5.74, 6) is -0.529. The molecule has 0 amide bonds. The van der Waals surface area contributed by atoms with Crippen molar-refractivity contribution in [2.24, 2.45) is 11.8 Å². The molecule has 1 aliphatic carbocycles. The van der Waals surface area contributed by atoms with Crippen molar-refractivity contribution in [2.75, 3.05) is 6.61 Å². The molecular formula is C12H18O5. The second-order valence-electron chi connectivity index (χ2n) is 5.00. The number of carboxylic acid groups (broad SMARTS) is 1. The number of esters is 1. The van der Waals surface area contributed by atoms with Crippen molar-refractivity contribution >= 4 is 11.9 Å². The molecule has 1 saturated carbocycles. The molecule has 4 unspecified atom stereocenters. The average Bonchev–Trinajstić information content (AvgIpc) is 3.00. The van der Waals surface area contributed by atoms with Crippen LogP contribution in [0.5, 0.6) is 0 Å². The van der Waals surface area contributed by atoms with Crippen LogP contribution in [-0.4, -0.2) is 35.9 Å². The summed E-state index contributed by atoms with van der Waals surface area (Å²) in [7, 11) is 0. The minimum absolute atomic E-state index is 0.0427. The summed E-state index contributed by atoms with van der Waals surface area (Å²) in [6.07, 6.45) is 2.60. The smallest absolute Gasteiger partial charge is 0.306 e. The van der Waals surface area contributed by atoms with Gasteiger partial charge in [0, 0.05) is 0 Å². The summed E-state index contributed by atoms with van der Waals surface area (Å²) in [5.41, 5.74) is 0. The first-order chi connectivity index (χ1) is 8.06. The number of rotatable bonds is 5. The summed E-state index contributed by atoms with van der Waals surface area (Å²) < 4.78 is 10.6. The van der Waals surface area contributed by atoms with E-state index >= 15 is 0 Å². The fraction of sp³-hybridized carbons (Fsp3) is 0.833. The lowest BCUT2D eigenvalue weighted by Gasteiger charge is -2.25. The molecule has 17 heavy (non-hydrogen) atoms. The first kappa shape index (κ1) is 12.4. The highest BCUT2D eigenvalue weighted by Gasteiger charge is 2.47. The molecule has 96 valence electrons. The van der Waals surface area contributed by atoms with E-state index < -0.39 is 11.9 Å². The Kier molecular flexibility index (Phi) is 3.66. The van der Waals surface area contributed by atoms with Crippen LogP contribution in [0.15, 0.2) is 0 Å². The Hall–Kier alpha value is -1.10. The van der Waals surface area contributed by atoms with Crippen molar-refractivity contribution < 1.29 is 24.2 Å². The molecule has 0 radical (unpaired) electrons. The number of hydrogen-bond donors (Lipinski definition) is 1. The Morgan fingerprint density at radius 1 is 1.29 bits per heavy atom. The van der Waals surface area contributed by atoms with Gasteiger partial charge < -0.3 is 14.6 Å². The van der Waals surface area contributed by atoms with Gasteiger partial charge >= 0.3 is 11.9 Å². The minimum atomic E-state index is -0.970. The van der Waals surface area contributed by atoms with Crippen LogP contribution in [0, 0.1) is 11.8 Å². The standard InChI is InChI=1S/C12H18O5/c1-7-4-9-10(17-9)5-8(7)6-16-12(15)3-2-11(13)14/h7-10H,2-6H2,1H3,(H,13,14). The molecule has 5 heteroatoms. The van der Waals surface area contributed by atoms with Gasteiger partial charge in [0.15, 0.2) is 0 Å². The zero-order chi connectivity index (χ0) is 12.4. The van der Waals surface area contributed by atoms with E-state index in [2.05, 4.69) is 6.92 Å². The summed E-state index contributed by atoms with van der Waals surface area (Å²) in [5, 5.41) is 8.44. The molecule has 1 saturated heterocycles. The zero-order valence-corrected chi connectivity index (χ0v) is 9.93. The summed E-state index contributed by atoms with van der Waals surface area (Å²) in [6.45, 7) is 2.54. The van der Waals surface area contributed by atoms with Crippen LogP contribution >= 0.6 is 0 Å². The quantitative estimate of drug-likeness (QED) is 0.579. The first-order valence-electron chi connectivity index (χ1n) is 6.09. The molecule has 4 atom stereocenters. The van der Waals surface area contributed by atoms with E-state index in [1.165, 1.54) is 0 Å². The highest BCUT2D eigenvalue weighted by atomic mass is 16.6. The van der Waals surface area contributed by atoms with Crippen molar-refractivity contribution in [3.8, 4) is 0 Å². The number of carbonyl (C=O) groups is 2. The van der Waals surface area contributed by atoms with Gasteiger partial charge in [-0.1, -0.05) is 6.92 Å². The normalized spacial score (nSPS) is 34.9. The molecule has 2 aliphatic rings. The summed E-state index contributed by atoms with van der Waals surface area (Å²) >= 11 is 0. The van der Waals surface area contributed by atoms with Crippen molar-refractivity contribution in [3.05, 3.63) is 0 Å². The van der Waals surface area contributed by atoms with Gasteiger partial charge in [0.25, 0.3) is 0 Å². The van der Waals surface area contributed by atoms with Gasteiger partial charge in [-0.3, -0.25) is 9.59 Å². The highest BCUT2D eigenvalue weighted by molar-refractivity contribution is 5.76. The molecule has 0 bridgehead atoms. The van der Waals surface area contributed by atoms with Crippen LogP contribution in [0.2, 0.25) is 0 Å². The zero-order valence-electron chi connectivity index (χ0n) is 9.93. The fourth-order valence-electron chi connectivity index (χ4n) is 2.40. The molecule has 5 nitrogen and oxygen atoms in total. The van der Waals surface area contributed by atoms with Gasteiger partial charge in [-0.05, 0) is 24.7 Å². The SMILES string of the molecule is CC1CC2OC2CC1COC(=O)CCC(=O)O. The maximum atomic E-state index is 11.3. The van der Waals surface area contributed by atoms with Gasteiger partial charge in [-0.25, -0.2) is 0 Å². The van der Waals surface area contributed by atoms with Gasteiger partial charge in [-0.15, -0.1) is 0 Å². The third kappa shape index (κ3) is 3.43. The number of fused-ring (bicyclic) bond motifs is 1. The minimum Gasteiger partial charge on any atom is -0.481 e. The topological polar surface area (TPSA) is 76.1 Å². The molecule has 0 spiro atoms. The predicted molar refractivity (Wildman–Crippen MR) is 58.4 cm³/mol. The Labute approximate surface area is 100 Å². The lowest BCUT2D eigenvalue weighted by atomic mass is 9.81. The largest absolute Gasteiger partial charge is 0.481 e. The first-order valence-corrected chi connectivity index (χ1v) is 6.09. The van der Waals surface area contributed by atoms with E-state index in [1.807, 2.05) is 0 Å². The molecule has 0 aromatic rings. The Morgan fingerprint density at radius 3 is 2.71 bits per heavy atom. The average molecular weight is 242 g/mol. The number of carbonyl (C=O) groups excluding carboxylic acids is 1. The number of ether oxygens (including phenoxy) is 2. The van der Waals surface area contributed by atoms with Crippen LogP contribution in [0.1, 0.15) is 32.6 Å². The van der Waals surface area contributed by atoms with Gasteiger partial charge in [0.1, 0.15) is 0 Å². The summed E-state index contributed by atoms with van der Waals surface area (Å²) in [4.78, 5) is 21.6. The maximum absolute atomic E-state index is 11.3. The van der Waals surface area contributed by atoms with Crippen LogP contribution < -0.4 is 0 Å². The predicted octanol–water partition coefficient (Wildman–Crippen LogP) is 1.21. The lowest BCUT2D eigenvalue weighted by molar-refractivity contribution is -0.149. The number of hydrogen-bond acceptors (Lipinski definition) is 4. The third-order valence-corrected chi connectivity index (χ3v) is 3.63. The Balaban J connectivity index is 1.66. The van der Waals surface area contributed by atoms with Crippen LogP contribution in [0.4, 0.5) is 0 Å². The third-order valence-electron chi connectivity index (χ3n) is 3.63. The van der Waals surface area contributed by atoms with E-state index in [0.29, 0.717) is 30.7 Å². The lowest BCUT2D eigenvalue weighted by Crippen LogP contribution is -2.27. The van der Waals surface area contributed by atoms with Crippen molar-refractivity contribution in [1.82, 2.24) is 0 Å². The van der Waals surface area contributed by atoms with E-state index in [0.717, 1.165) is 12.8 Å². The van der Waals surface area contributed by atoms with E-state index in [1.54, 1.807) is 0 Å². The second kappa shape index (κ2) is 5.04. The molecule has 2 rings (SSSR count). The molecule has 1 aliphatic heterocycles. The number of epoxide rings is 1. The Bertz CT molecular complexity index is 314. The van der Waals surface area contributed by atoms with Crippen LogP contribution in [-0.2, 0) is 19.1 Å². The van der Waals surface area contributed by atoms with E-state index in [4.69, 9.17) is 14.6 Å². The van der Waals surface area contributed by atoms with Gasteiger partial charge in [0.05, 0.1) is 31.7 Å². The van der Waals surface area contributed by atoms with Crippen LogP contribution in [0.3, 0.4) is 0 Å². The van der Waals surface area contributed by atoms with Crippen LogP contribution in [0.25, 0.3) is 0 Å². The maximum Gasteiger partial charge on any atom is 0.306 e. The molecule has 0 aromatic carbocycles. The van der Waals surface area contributed by atoms with E-state index in [9.17, 15) is 9.59 Å². The molecule has 0 aromatic heterocycles. The van der Waals surface area contributed by atoms with Crippen molar-refractivity contribution in [1.29, 1.82) is 0 Å². The number of aliphatic carboxylic acids is 1. The summed E-state index contributed by atoms with van der Waals surface area (Å²) in [6, 6.07) is 0. The molecular weight excluding hydrogens is 224 g/mol. The highest BCUT2D eigenvalue weighted by Crippen LogP contribution is 2.42. The monoisotopic (exact) mass is 242 g/mol. The Morgan fingerprint density at radius 2 is 2.00 bits per heavy atom. The second-order valence-corrected chi connectivity index (χ2v) is 5.00. The molecule has 2 fully saturated rings. The van der Waals surface area contributed by atoms with Gasteiger partial charge in [-0.2, -0.15) is 0 Å². The molecule has 1 heterocycles. The van der Waals surface area contributed by atoms with Crippen molar-refractivity contribution in [2.45, 2.75) is 44.8 Å².